The number of ether oxygens (including phenoxy) is 1. The van der Waals surface area contributed by atoms with Crippen LogP contribution in [-0.4, -0.2) is 28.3 Å². The average Bonchev–Trinajstić information content (AvgIpc) is 2.88. The number of thioether (sulfide) groups is 1. The highest BCUT2D eigenvalue weighted by molar-refractivity contribution is 7.99. The quantitative estimate of drug-likeness (QED) is 0.842. The van der Waals surface area contributed by atoms with Crippen LogP contribution in [0.15, 0.2) is 11.0 Å². The fourth-order valence-electron chi connectivity index (χ4n) is 2.01. The highest BCUT2D eigenvalue weighted by Crippen LogP contribution is 2.30. The second-order valence-electron chi connectivity index (χ2n) is 4.28. The SMILES string of the molecule is COC(=O)c1cnc(CSC2CCCC2)[nH]c1=O. The summed E-state index contributed by atoms with van der Waals surface area (Å²) in [5.41, 5.74) is -0.481. The Balaban J connectivity index is 2.00. The van der Waals surface area contributed by atoms with E-state index in [0.29, 0.717) is 16.8 Å². The summed E-state index contributed by atoms with van der Waals surface area (Å²) in [7, 11) is 1.24. The number of H-pyrrole nitrogens is 1. The van der Waals surface area contributed by atoms with Crippen molar-refractivity contribution in [3.05, 3.63) is 27.9 Å². The third-order valence-corrected chi connectivity index (χ3v) is 4.40. The van der Waals surface area contributed by atoms with Crippen LogP contribution in [0.1, 0.15) is 41.9 Å². The van der Waals surface area contributed by atoms with E-state index in [-0.39, 0.29) is 5.56 Å². The molecule has 1 heterocycles. The molecule has 1 N–H and O–H groups in total. The molecular formula is C12H16N2O3S. The van der Waals surface area contributed by atoms with Crippen LogP contribution < -0.4 is 5.56 Å². The van der Waals surface area contributed by atoms with Gasteiger partial charge in [0, 0.05) is 11.4 Å². The van der Waals surface area contributed by atoms with Gasteiger partial charge in [0.05, 0.1) is 12.9 Å². The lowest BCUT2D eigenvalue weighted by atomic mass is 10.3. The Bertz CT molecular complexity index is 480. The number of carbonyl (C=O) groups is 1. The van der Waals surface area contributed by atoms with E-state index >= 15 is 0 Å². The number of aromatic nitrogens is 2. The molecular weight excluding hydrogens is 252 g/mol. The summed E-state index contributed by atoms with van der Waals surface area (Å²) in [6.07, 6.45) is 6.37. The van der Waals surface area contributed by atoms with Crippen LogP contribution in [0.5, 0.6) is 0 Å². The van der Waals surface area contributed by atoms with Gasteiger partial charge in [-0.25, -0.2) is 9.78 Å². The van der Waals surface area contributed by atoms with Crippen molar-refractivity contribution in [3.63, 3.8) is 0 Å². The molecule has 0 unspecified atom stereocenters. The summed E-state index contributed by atoms with van der Waals surface area (Å²) in [6.45, 7) is 0. The third kappa shape index (κ3) is 3.13. The van der Waals surface area contributed by atoms with E-state index in [4.69, 9.17) is 0 Å². The molecule has 2 rings (SSSR count). The number of hydrogen-bond acceptors (Lipinski definition) is 5. The summed E-state index contributed by atoms with van der Waals surface area (Å²) in [5.74, 6) is 0.643. The minimum atomic E-state index is -0.654. The molecule has 1 aromatic heterocycles. The molecule has 0 atom stereocenters. The Morgan fingerprint density at radius 1 is 1.56 bits per heavy atom. The van der Waals surface area contributed by atoms with Crippen LogP contribution in [0.3, 0.4) is 0 Å². The smallest absolute Gasteiger partial charge is 0.345 e. The van der Waals surface area contributed by atoms with E-state index in [1.807, 2.05) is 11.8 Å². The van der Waals surface area contributed by atoms with Crippen molar-refractivity contribution in [1.29, 1.82) is 0 Å². The van der Waals surface area contributed by atoms with E-state index in [1.165, 1.54) is 39.0 Å². The monoisotopic (exact) mass is 268 g/mol. The fraction of sp³-hybridized carbons (Fsp3) is 0.583. The Morgan fingerprint density at radius 3 is 2.89 bits per heavy atom. The van der Waals surface area contributed by atoms with E-state index < -0.39 is 11.5 Å². The van der Waals surface area contributed by atoms with Gasteiger partial charge in [-0.1, -0.05) is 12.8 Å². The van der Waals surface area contributed by atoms with Gasteiger partial charge < -0.3 is 9.72 Å². The summed E-state index contributed by atoms with van der Waals surface area (Å²) in [5, 5.41) is 0.676. The molecule has 18 heavy (non-hydrogen) atoms. The van der Waals surface area contributed by atoms with Crippen molar-refractivity contribution in [2.75, 3.05) is 7.11 Å². The van der Waals surface area contributed by atoms with E-state index in [0.717, 1.165) is 0 Å². The van der Waals surface area contributed by atoms with Gasteiger partial charge in [0.15, 0.2) is 0 Å². The van der Waals surface area contributed by atoms with E-state index in [2.05, 4.69) is 14.7 Å². The predicted molar refractivity (Wildman–Crippen MR) is 69.7 cm³/mol. The Kier molecular flexibility index (Phi) is 4.41. The number of nitrogens with zero attached hydrogens (tertiary/aromatic N) is 1. The number of methoxy groups -OCH3 is 1. The first-order chi connectivity index (χ1) is 8.70. The first-order valence-corrected chi connectivity index (χ1v) is 7.03. The Labute approximate surface area is 109 Å². The topological polar surface area (TPSA) is 72.0 Å². The van der Waals surface area contributed by atoms with E-state index in [9.17, 15) is 9.59 Å². The molecule has 0 aromatic carbocycles. The second-order valence-corrected chi connectivity index (χ2v) is 5.57. The van der Waals surface area contributed by atoms with Gasteiger partial charge in [0.2, 0.25) is 0 Å². The van der Waals surface area contributed by atoms with Crippen molar-refractivity contribution in [1.82, 2.24) is 9.97 Å². The molecule has 5 nitrogen and oxygen atoms in total. The standard InChI is InChI=1S/C12H16N2O3S/c1-17-12(16)9-6-13-10(14-11(9)15)7-18-8-4-2-3-5-8/h6,8H,2-5,7H2,1H3,(H,13,14,15). The van der Waals surface area contributed by atoms with Gasteiger partial charge >= 0.3 is 5.97 Å². The maximum atomic E-state index is 11.6. The molecule has 1 aromatic rings. The molecule has 1 aliphatic carbocycles. The zero-order valence-electron chi connectivity index (χ0n) is 10.3. The number of nitrogens with one attached hydrogen (secondary N) is 1. The zero-order chi connectivity index (χ0) is 13.0. The molecule has 0 bridgehead atoms. The predicted octanol–water partition coefficient (Wildman–Crippen LogP) is 1.73. The minimum Gasteiger partial charge on any atom is -0.465 e. The lowest BCUT2D eigenvalue weighted by Gasteiger charge is -2.07. The first kappa shape index (κ1) is 13.1. The van der Waals surface area contributed by atoms with E-state index in [1.54, 1.807) is 0 Å². The molecule has 0 radical (unpaired) electrons. The number of esters is 1. The van der Waals surface area contributed by atoms with Crippen molar-refractivity contribution in [3.8, 4) is 0 Å². The van der Waals surface area contributed by atoms with Crippen LogP contribution in [-0.2, 0) is 10.5 Å². The number of rotatable bonds is 4. The Hall–Kier alpha value is -1.30. The molecule has 0 aliphatic heterocycles. The molecule has 1 aliphatic rings. The van der Waals surface area contributed by atoms with Crippen molar-refractivity contribution < 1.29 is 9.53 Å². The second kappa shape index (κ2) is 6.04. The summed E-state index contributed by atoms with van der Waals surface area (Å²) in [4.78, 5) is 29.6. The fourth-order valence-corrected chi connectivity index (χ4v) is 3.22. The first-order valence-electron chi connectivity index (χ1n) is 5.99. The molecule has 0 saturated heterocycles. The third-order valence-electron chi connectivity index (χ3n) is 3.02. The summed E-state index contributed by atoms with van der Waals surface area (Å²) in [6, 6.07) is 0. The maximum Gasteiger partial charge on any atom is 0.345 e. The van der Waals surface area contributed by atoms with Gasteiger partial charge in [0.25, 0.3) is 5.56 Å². The van der Waals surface area contributed by atoms with Crippen LogP contribution in [0.4, 0.5) is 0 Å². The van der Waals surface area contributed by atoms with Crippen LogP contribution in [0.2, 0.25) is 0 Å². The van der Waals surface area contributed by atoms with Crippen molar-refractivity contribution >= 4 is 17.7 Å². The zero-order valence-corrected chi connectivity index (χ0v) is 11.1. The molecule has 6 heteroatoms. The van der Waals surface area contributed by atoms with Crippen LogP contribution in [0.25, 0.3) is 0 Å². The minimum absolute atomic E-state index is 0.0490. The molecule has 98 valence electrons. The highest BCUT2D eigenvalue weighted by Gasteiger charge is 2.16. The number of carbonyl (C=O) groups excluding carboxylic acids is 1. The number of hydrogen-bond donors (Lipinski definition) is 1. The molecule has 0 amide bonds. The normalized spacial score (nSPS) is 15.8. The van der Waals surface area contributed by atoms with Crippen molar-refractivity contribution in [2.24, 2.45) is 0 Å². The summed E-state index contributed by atoms with van der Waals surface area (Å²) >= 11 is 1.82. The van der Waals surface area contributed by atoms with Gasteiger partial charge in [-0.3, -0.25) is 4.79 Å². The highest BCUT2D eigenvalue weighted by atomic mass is 32.2. The van der Waals surface area contributed by atoms with Crippen LogP contribution >= 0.6 is 11.8 Å². The largest absolute Gasteiger partial charge is 0.465 e. The lowest BCUT2D eigenvalue weighted by Crippen LogP contribution is -2.21. The molecule has 1 saturated carbocycles. The lowest BCUT2D eigenvalue weighted by molar-refractivity contribution is 0.0598. The molecule has 1 fully saturated rings. The van der Waals surface area contributed by atoms with Gasteiger partial charge in [-0.2, -0.15) is 11.8 Å². The van der Waals surface area contributed by atoms with Gasteiger partial charge in [0.1, 0.15) is 11.4 Å². The van der Waals surface area contributed by atoms with Crippen molar-refractivity contribution in [2.45, 2.75) is 36.7 Å². The molecule has 0 spiro atoms. The van der Waals surface area contributed by atoms with Crippen LogP contribution in [0, 0.1) is 0 Å². The van der Waals surface area contributed by atoms with Gasteiger partial charge in [-0.15, -0.1) is 0 Å². The summed E-state index contributed by atoms with van der Waals surface area (Å²) < 4.78 is 4.49. The maximum absolute atomic E-state index is 11.6. The average molecular weight is 268 g/mol. The number of aromatic amines is 1. The Morgan fingerprint density at radius 2 is 2.28 bits per heavy atom. The van der Waals surface area contributed by atoms with Gasteiger partial charge in [-0.05, 0) is 12.8 Å².